The fourth-order valence-electron chi connectivity index (χ4n) is 2.09. The number of hydrogen-bond donors (Lipinski definition) is 2. The molecule has 19 heavy (non-hydrogen) atoms. The third kappa shape index (κ3) is 2.52. The Morgan fingerprint density at radius 3 is 2.58 bits per heavy atom. The first kappa shape index (κ1) is 13.3. The van der Waals surface area contributed by atoms with E-state index in [2.05, 4.69) is 24.5 Å². The van der Waals surface area contributed by atoms with Crippen LogP contribution in [0.1, 0.15) is 30.6 Å². The zero-order valence-electron chi connectivity index (χ0n) is 11.2. The minimum atomic E-state index is -0.496. The summed E-state index contributed by atoms with van der Waals surface area (Å²) in [6.07, 6.45) is 0.933. The molecule has 0 heterocycles. The largest absolute Gasteiger partial charge is 0.382 e. The molecule has 102 valence electrons. The molecule has 0 aromatic heterocycles. The first-order chi connectivity index (χ1) is 8.86. The number of nitro groups is 1. The number of carbonyl (C=O) groups excluding carboxylic acids is 1. The Morgan fingerprint density at radius 2 is 2.11 bits per heavy atom. The van der Waals surface area contributed by atoms with Gasteiger partial charge in [0.25, 0.3) is 11.6 Å². The van der Waals surface area contributed by atoms with E-state index in [4.69, 9.17) is 0 Å². The van der Waals surface area contributed by atoms with Crippen molar-refractivity contribution in [3.8, 4) is 0 Å². The van der Waals surface area contributed by atoms with Crippen LogP contribution >= 0.6 is 0 Å². The number of amides is 1. The van der Waals surface area contributed by atoms with Crippen LogP contribution in [0, 0.1) is 15.5 Å². The molecule has 1 aliphatic carbocycles. The van der Waals surface area contributed by atoms with Crippen molar-refractivity contribution < 1.29 is 9.72 Å². The highest BCUT2D eigenvalue weighted by atomic mass is 16.6. The van der Waals surface area contributed by atoms with E-state index >= 15 is 0 Å². The molecule has 1 aliphatic rings. The summed E-state index contributed by atoms with van der Waals surface area (Å²) in [7, 11) is 1.57. The van der Waals surface area contributed by atoms with Crippen LogP contribution in [0.15, 0.2) is 18.2 Å². The first-order valence-electron chi connectivity index (χ1n) is 6.13. The van der Waals surface area contributed by atoms with Crippen molar-refractivity contribution in [1.29, 1.82) is 0 Å². The summed E-state index contributed by atoms with van der Waals surface area (Å²) >= 11 is 0. The maximum absolute atomic E-state index is 12.2. The number of nitrogens with one attached hydrogen (secondary N) is 2. The number of benzene rings is 1. The van der Waals surface area contributed by atoms with Gasteiger partial charge in [0.1, 0.15) is 5.69 Å². The van der Waals surface area contributed by atoms with Crippen LogP contribution in [0.5, 0.6) is 0 Å². The first-order valence-corrected chi connectivity index (χ1v) is 6.13. The molecular weight excluding hydrogens is 246 g/mol. The molecule has 0 radical (unpaired) electrons. The monoisotopic (exact) mass is 263 g/mol. The zero-order valence-corrected chi connectivity index (χ0v) is 11.2. The Bertz CT molecular complexity index is 540. The maximum Gasteiger partial charge on any atom is 0.293 e. The summed E-state index contributed by atoms with van der Waals surface area (Å²) in [4.78, 5) is 22.6. The molecule has 6 nitrogen and oxygen atoms in total. The quantitative estimate of drug-likeness (QED) is 0.644. The number of nitro benzene ring substituents is 1. The third-order valence-electron chi connectivity index (χ3n) is 3.55. The highest BCUT2D eigenvalue weighted by molar-refractivity contribution is 6.01. The molecule has 0 aliphatic heterocycles. The van der Waals surface area contributed by atoms with Crippen molar-refractivity contribution in [3.05, 3.63) is 33.9 Å². The number of nitrogens with zero attached hydrogens (tertiary/aromatic N) is 1. The normalized spacial score (nSPS) is 19.6. The fourth-order valence-corrected chi connectivity index (χ4v) is 2.09. The van der Waals surface area contributed by atoms with Gasteiger partial charge in [0, 0.05) is 19.2 Å². The van der Waals surface area contributed by atoms with Gasteiger partial charge >= 0.3 is 0 Å². The van der Waals surface area contributed by atoms with Gasteiger partial charge < -0.3 is 10.6 Å². The van der Waals surface area contributed by atoms with Crippen molar-refractivity contribution in [1.82, 2.24) is 5.32 Å². The third-order valence-corrected chi connectivity index (χ3v) is 3.55. The Balaban J connectivity index is 2.26. The smallest absolute Gasteiger partial charge is 0.293 e. The highest BCUT2D eigenvalue weighted by Gasteiger charge is 2.46. The average Bonchev–Trinajstić information content (AvgIpc) is 2.95. The summed E-state index contributed by atoms with van der Waals surface area (Å²) in [5, 5.41) is 16.6. The molecular formula is C13H17N3O3. The van der Waals surface area contributed by atoms with Crippen LogP contribution in [0.2, 0.25) is 0 Å². The lowest BCUT2D eigenvalue weighted by Gasteiger charge is -2.11. The van der Waals surface area contributed by atoms with Gasteiger partial charge in [-0.3, -0.25) is 14.9 Å². The maximum atomic E-state index is 12.2. The molecule has 1 fully saturated rings. The Hall–Kier alpha value is -2.11. The molecule has 1 saturated carbocycles. The van der Waals surface area contributed by atoms with Crippen molar-refractivity contribution in [3.63, 3.8) is 0 Å². The standard InChI is InChI=1S/C13H17N3O3/c1-13(2)7-10(13)15-12(17)8-5-4-6-9(16(18)19)11(8)14-3/h4-6,10,14H,7H2,1-3H3,(H,15,17). The Kier molecular flexibility index (Phi) is 3.18. The summed E-state index contributed by atoms with van der Waals surface area (Å²) < 4.78 is 0. The van der Waals surface area contributed by atoms with Gasteiger partial charge in [0.15, 0.2) is 0 Å². The van der Waals surface area contributed by atoms with E-state index in [1.165, 1.54) is 12.1 Å². The van der Waals surface area contributed by atoms with Crippen LogP contribution in [0.3, 0.4) is 0 Å². The molecule has 1 aromatic carbocycles. The van der Waals surface area contributed by atoms with Gasteiger partial charge in [0.05, 0.1) is 10.5 Å². The predicted molar refractivity (Wildman–Crippen MR) is 72.3 cm³/mol. The van der Waals surface area contributed by atoms with Gasteiger partial charge in [-0.2, -0.15) is 0 Å². The second kappa shape index (κ2) is 4.53. The van der Waals surface area contributed by atoms with E-state index in [-0.39, 0.29) is 28.7 Å². The Morgan fingerprint density at radius 1 is 1.47 bits per heavy atom. The van der Waals surface area contributed by atoms with Crippen LogP contribution in [-0.4, -0.2) is 23.9 Å². The molecule has 2 rings (SSSR count). The molecule has 0 spiro atoms. The SMILES string of the molecule is CNc1c(C(=O)NC2CC2(C)C)cccc1[N+](=O)[O-]. The van der Waals surface area contributed by atoms with E-state index in [1.807, 2.05) is 0 Å². The molecule has 1 aromatic rings. The number of carbonyl (C=O) groups is 1. The highest BCUT2D eigenvalue weighted by Crippen LogP contribution is 2.44. The van der Waals surface area contributed by atoms with Crippen LogP contribution in [-0.2, 0) is 0 Å². The average molecular weight is 263 g/mol. The minimum Gasteiger partial charge on any atom is -0.382 e. The summed E-state index contributed by atoms with van der Waals surface area (Å²) in [5.74, 6) is -0.274. The molecule has 1 atom stereocenters. The molecule has 1 unspecified atom stereocenters. The fraction of sp³-hybridized carbons (Fsp3) is 0.462. The molecule has 6 heteroatoms. The van der Waals surface area contributed by atoms with Crippen molar-refractivity contribution >= 4 is 17.3 Å². The summed E-state index contributed by atoms with van der Waals surface area (Å²) in [5.41, 5.74) is 0.587. The van der Waals surface area contributed by atoms with Gasteiger partial charge in [-0.15, -0.1) is 0 Å². The number of rotatable bonds is 4. The van der Waals surface area contributed by atoms with Gasteiger partial charge in [-0.05, 0) is 17.9 Å². The van der Waals surface area contributed by atoms with Crippen molar-refractivity contribution in [2.45, 2.75) is 26.3 Å². The molecule has 1 amide bonds. The van der Waals surface area contributed by atoms with E-state index < -0.39 is 4.92 Å². The van der Waals surface area contributed by atoms with Crippen molar-refractivity contribution in [2.24, 2.45) is 5.41 Å². The topological polar surface area (TPSA) is 84.3 Å². The van der Waals surface area contributed by atoms with Gasteiger partial charge in [-0.1, -0.05) is 19.9 Å². The summed E-state index contributed by atoms with van der Waals surface area (Å²) in [6, 6.07) is 4.63. The van der Waals surface area contributed by atoms with E-state index in [0.29, 0.717) is 5.56 Å². The predicted octanol–water partition coefficient (Wildman–Crippen LogP) is 2.16. The molecule has 0 saturated heterocycles. The van der Waals surface area contributed by atoms with E-state index in [0.717, 1.165) is 6.42 Å². The Labute approximate surface area is 111 Å². The lowest BCUT2D eigenvalue weighted by molar-refractivity contribution is -0.384. The second-order valence-corrected chi connectivity index (χ2v) is 5.43. The van der Waals surface area contributed by atoms with E-state index in [9.17, 15) is 14.9 Å². The van der Waals surface area contributed by atoms with Crippen LogP contribution < -0.4 is 10.6 Å². The lowest BCUT2D eigenvalue weighted by atomic mass is 10.1. The molecule has 2 N–H and O–H groups in total. The number of anilines is 1. The van der Waals surface area contributed by atoms with Crippen LogP contribution in [0.25, 0.3) is 0 Å². The number of para-hydroxylation sites is 1. The lowest BCUT2D eigenvalue weighted by Crippen LogP contribution is -2.29. The zero-order chi connectivity index (χ0) is 14.2. The molecule has 0 bridgehead atoms. The van der Waals surface area contributed by atoms with Gasteiger partial charge in [-0.25, -0.2) is 0 Å². The summed E-state index contributed by atoms with van der Waals surface area (Å²) in [6.45, 7) is 4.15. The second-order valence-electron chi connectivity index (χ2n) is 5.43. The van der Waals surface area contributed by atoms with Crippen LogP contribution in [0.4, 0.5) is 11.4 Å². The minimum absolute atomic E-state index is 0.0924. The van der Waals surface area contributed by atoms with Gasteiger partial charge in [0.2, 0.25) is 0 Å². The van der Waals surface area contributed by atoms with E-state index in [1.54, 1.807) is 13.1 Å². The number of hydrogen-bond acceptors (Lipinski definition) is 4. The van der Waals surface area contributed by atoms with Crippen molar-refractivity contribution in [2.75, 3.05) is 12.4 Å².